The number of benzene rings is 1. The van der Waals surface area contributed by atoms with E-state index in [0.717, 1.165) is 23.5 Å². The van der Waals surface area contributed by atoms with Gasteiger partial charge in [-0.2, -0.15) is 0 Å². The third-order valence-corrected chi connectivity index (χ3v) is 5.04. The first kappa shape index (κ1) is 15.6. The zero-order valence-electron chi connectivity index (χ0n) is 12.6. The number of aryl methyl sites for hydroxylation is 2. The highest BCUT2D eigenvalue weighted by Crippen LogP contribution is 2.20. The van der Waals surface area contributed by atoms with Crippen LogP contribution in [0.1, 0.15) is 18.2 Å². The summed E-state index contributed by atoms with van der Waals surface area (Å²) in [6.45, 7) is 5.45. The maximum absolute atomic E-state index is 12.0. The number of aromatic nitrogens is 1. The van der Waals surface area contributed by atoms with Crippen molar-refractivity contribution in [1.29, 1.82) is 0 Å². The lowest BCUT2D eigenvalue weighted by Gasteiger charge is -2.12. The highest BCUT2D eigenvalue weighted by molar-refractivity contribution is 7.89. The molecule has 0 fully saturated rings. The second-order valence-electron chi connectivity index (χ2n) is 4.83. The van der Waals surface area contributed by atoms with Crippen molar-refractivity contribution in [2.24, 2.45) is 0 Å². The fraction of sp³-hybridized carbons (Fsp3) is 0.333. The molecule has 0 aliphatic heterocycles. The van der Waals surface area contributed by atoms with E-state index < -0.39 is 10.0 Å². The quantitative estimate of drug-likeness (QED) is 0.861. The Morgan fingerprint density at radius 2 is 2.00 bits per heavy atom. The molecular weight excluding hydrogens is 286 g/mol. The van der Waals surface area contributed by atoms with Gasteiger partial charge in [0.1, 0.15) is 0 Å². The molecule has 2 rings (SSSR count). The molecule has 0 spiro atoms. The van der Waals surface area contributed by atoms with Gasteiger partial charge in [-0.1, -0.05) is 6.07 Å². The van der Waals surface area contributed by atoms with Crippen LogP contribution in [-0.4, -0.2) is 20.0 Å². The highest BCUT2D eigenvalue weighted by atomic mass is 32.2. The van der Waals surface area contributed by atoms with Gasteiger partial charge in [0, 0.05) is 24.1 Å². The van der Waals surface area contributed by atoms with Crippen molar-refractivity contribution in [2.45, 2.75) is 31.8 Å². The van der Waals surface area contributed by atoms with E-state index in [9.17, 15) is 8.42 Å². The number of hydrogen-bond acceptors (Lipinski definition) is 3. The van der Waals surface area contributed by atoms with Gasteiger partial charge in [-0.3, -0.25) is 0 Å². The molecule has 2 N–H and O–H groups in total. The Hall–Kier alpha value is -1.79. The monoisotopic (exact) mass is 307 g/mol. The SMILES string of the molecule is CCn1cccc1CNc1ccc(C)c(S(=O)(=O)NC)c1. The Morgan fingerprint density at radius 1 is 1.24 bits per heavy atom. The van der Waals surface area contributed by atoms with Crippen molar-refractivity contribution in [3.63, 3.8) is 0 Å². The summed E-state index contributed by atoms with van der Waals surface area (Å²) in [4.78, 5) is 0.306. The third kappa shape index (κ3) is 3.46. The fourth-order valence-electron chi connectivity index (χ4n) is 2.22. The summed E-state index contributed by atoms with van der Waals surface area (Å²) in [7, 11) is -2.01. The normalized spacial score (nSPS) is 11.6. The van der Waals surface area contributed by atoms with E-state index in [0.29, 0.717) is 11.4 Å². The van der Waals surface area contributed by atoms with Crippen LogP contribution in [0.2, 0.25) is 0 Å². The Labute approximate surface area is 126 Å². The van der Waals surface area contributed by atoms with E-state index in [2.05, 4.69) is 27.6 Å². The van der Waals surface area contributed by atoms with Gasteiger partial charge in [0.15, 0.2) is 0 Å². The molecule has 2 aromatic rings. The van der Waals surface area contributed by atoms with Crippen LogP contribution >= 0.6 is 0 Å². The first-order valence-electron chi connectivity index (χ1n) is 6.90. The minimum absolute atomic E-state index is 0.306. The molecule has 0 amide bonds. The Kier molecular flexibility index (Phi) is 4.69. The number of hydrogen-bond donors (Lipinski definition) is 2. The first-order valence-corrected chi connectivity index (χ1v) is 8.38. The molecule has 0 saturated heterocycles. The van der Waals surface area contributed by atoms with Gasteiger partial charge in [-0.05, 0) is 50.7 Å². The van der Waals surface area contributed by atoms with Gasteiger partial charge in [-0.25, -0.2) is 13.1 Å². The van der Waals surface area contributed by atoms with Crippen molar-refractivity contribution >= 4 is 15.7 Å². The Bertz CT molecular complexity index is 720. The van der Waals surface area contributed by atoms with Crippen LogP contribution < -0.4 is 10.0 Å². The van der Waals surface area contributed by atoms with Crippen molar-refractivity contribution in [3.05, 3.63) is 47.8 Å². The maximum Gasteiger partial charge on any atom is 0.240 e. The molecule has 0 radical (unpaired) electrons. The molecule has 114 valence electrons. The van der Waals surface area contributed by atoms with Crippen LogP contribution in [0, 0.1) is 6.92 Å². The van der Waals surface area contributed by atoms with Crippen LogP contribution in [-0.2, 0) is 23.1 Å². The molecule has 0 bridgehead atoms. The predicted molar refractivity (Wildman–Crippen MR) is 84.9 cm³/mol. The maximum atomic E-state index is 12.0. The predicted octanol–water partition coefficient (Wildman–Crippen LogP) is 2.34. The van der Waals surface area contributed by atoms with Gasteiger partial charge in [0.05, 0.1) is 11.4 Å². The molecule has 21 heavy (non-hydrogen) atoms. The molecule has 0 unspecified atom stereocenters. The lowest BCUT2D eigenvalue weighted by atomic mass is 10.2. The molecule has 1 aromatic heterocycles. The van der Waals surface area contributed by atoms with Crippen LogP contribution in [0.3, 0.4) is 0 Å². The molecular formula is C15H21N3O2S. The zero-order chi connectivity index (χ0) is 15.5. The first-order chi connectivity index (χ1) is 9.97. The van der Waals surface area contributed by atoms with Crippen molar-refractivity contribution in [3.8, 4) is 0 Å². The molecule has 0 aliphatic carbocycles. The van der Waals surface area contributed by atoms with E-state index in [-0.39, 0.29) is 0 Å². The Balaban J connectivity index is 2.20. The lowest BCUT2D eigenvalue weighted by Crippen LogP contribution is -2.19. The molecule has 0 atom stereocenters. The molecule has 1 aromatic carbocycles. The topological polar surface area (TPSA) is 63.1 Å². The highest BCUT2D eigenvalue weighted by Gasteiger charge is 2.15. The van der Waals surface area contributed by atoms with Gasteiger partial charge >= 0.3 is 0 Å². The standard InChI is InChI=1S/C15H21N3O2S/c1-4-18-9-5-6-14(18)11-17-13-8-7-12(2)15(10-13)21(19,20)16-3/h5-10,16-17H,4,11H2,1-3H3. The largest absolute Gasteiger partial charge is 0.379 e. The number of nitrogens with one attached hydrogen (secondary N) is 2. The minimum Gasteiger partial charge on any atom is -0.379 e. The average molecular weight is 307 g/mol. The van der Waals surface area contributed by atoms with E-state index in [1.54, 1.807) is 13.0 Å². The van der Waals surface area contributed by atoms with Gasteiger partial charge in [0.2, 0.25) is 10.0 Å². The van der Waals surface area contributed by atoms with Crippen LogP contribution in [0.5, 0.6) is 0 Å². The number of sulfonamides is 1. The summed E-state index contributed by atoms with van der Waals surface area (Å²) in [5.74, 6) is 0. The zero-order valence-corrected chi connectivity index (χ0v) is 13.4. The fourth-order valence-corrected chi connectivity index (χ4v) is 3.21. The lowest BCUT2D eigenvalue weighted by molar-refractivity contribution is 0.587. The van der Waals surface area contributed by atoms with E-state index >= 15 is 0 Å². The summed E-state index contributed by atoms with van der Waals surface area (Å²) >= 11 is 0. The third-order valence-electron chi connectivity index (χ3n) is 3.48. The molecule has 6 heteroatoms. The summed E-state index contributed by atoms with van der Waals surface area (Å²) in [5, 5.41) is 3.27. The summed E-state index contributed by atoms with van der Waals surface area (Å²) in [6, 6.07) is 9.43. The summed E-state index contributed by atoms with van der Waals surface area (Å²) < 4.78 is 28.4. The number of nitrogens with zero attached hydrogens (tertiary/aromatic N) is 1. The second-order valence-corrected chi connectivity index (χ2v) is 6.68. The van der Waals surface area contributed by atoms with Crippen LogP contribution in [0.15, 0.2) is 41.4 Å². The van der Waals surface area contributed by atoms with E-state index in [1.165, 1.54) is 7.05 Å². The van der Waals surface area contributed by atoms with Gasteiger partial charge in [0.25, 0.3) is 0 Å². The second kappa shape index (κ2) is 6.32. The Morgan fingerprint density at radius 3 is 2.67 bits per heavy atom. The van der Waals surface area contributed by atoms with Crippen molar-refractivity contribution < 1.29 is 8.42 Å². The van der Waals surface area contributed by atoms with Crippen molar-refractivity contribution in [2.75, 3.05) is 12.4 Å². The number of anilines is 1. The van der Waals surface area contributed by atoms with Crippen molar-refractivity contribution in [1.82, 2.24) is 9.29 Å². The summed E-state index contributed by atoms with van der Waals surface area (Å²) in [6.07, 6.45) is 2.03. The van der Waals surface area contributed by atoms with Crippen LogP contribution in [0.4, 0.5) is 5.69 Å². The number of rotatable bonds is 6. The van der Waals surface area contributed by atoms with Gasteiger partial charge < -0.3 is 9.88 Å². The molecule has 0 saturated carbocycles. The molecule has 1 heterocycles. The molecule has 0 aliphatic rings. The van der Waals surface area contributed by atoms with Crippen LogP contribution in [0.25, 0.3) is 0 Å². The van der Waals surface area contributed by atoms with E-state index in [1.807, 2.05) is 24.4 Å². The average Bonchev–Trinajstić information content (AvgIpc) is 2.93. The summed E-state index contributed by atoms with van der Waals surface area (Å²) in [5.41, 5.74) is 2.68. The van der Waals surface area contributed by atoms with Gasteiger partial charge in [-0.15, -0.1) is 0 Å². The minimum atomic E-state index is -3.43. The smallest absolute Gasteiger partial charge is 0.240 e. The van der Waals surface area contributed by atoms with E-state index in [4.69, 9.17) is 0 Å². The molecule has 5 nitrogen and oxygen atoms in total.